The van der Waals surface area contributed by atoms with Crippen molar-refractivity contribution >= 4 is 13.8 Å². The molecule has 0 unspecified atom stereocenters. The number of hydrogen-bond donors (Lipinski definition) is 0. The predicted molar refractivity (Wildman–Crippen MR) is 54.4 cm³/mol. The molecule has 0 aliphatic rings. The average molecular weight is 174 g/mol. The number of para-hydroxylation sites is 1. The van der Waals surface area contributed by atoms with Crippen molar-refractivity contribution in [2.75, 3.05) is 0 Å². The first-order valence-corrected chi connectivity index (χ1v) is 4.14. The molecule has 0 aliphatic heterocycles. The Balaban J connectivity index is 2.66. The molecule has 66 valence electrons. The van der Waals surface area contributed by atoms with E-state index in [1.807, 2.05) is 26.0 Å². The van der Waals surface area contributed by atoms with Crippen LogP contribution in [0.4, 0.5) is 0 Å². The minimum atomic E-state index is -0.297. The summed E-state index contributed by atoms with van der Waals surface area (Å²) in [5.41, 5.74) is 0.615. The van der Waals surface area contributed by atoms with Crippen LogP contribution in [0.25, 0.3) is 0 Å². The molecular weight excluding hydrogens is 163 g/mol. The van der Waals surface area contributed by atoms with Gasteiger partial charge in [0.05, 0.1) is 0 Å². The summed E-state index contributed by atoms with van der Waals surface area (Å²) in [4.78, 5) is 11.3. The van der Waals surface area contributed by atoms with E-state index >= 15 is 0 Å². The van der Waals surface area contributed by atoms with Crippen molar-refractivity contribution in [2.24, 2.45) is 0 Å². The zero-order chi connectivity index (χ0) is 9.68. The van der Waals surface area contributed by atoms with Crippen LogP contribution < -0.4 is 4.74 Å². The van der Waals surface area contributed by atoms with E-state index in [1.54, 1.807) is 25.0 Å². The Bertz CT molecular complexity index is 317. The number of esters is 1. The first kappa shape index (κ1) is 9.58. The maximum absolute atomic E-state index is 11.3. The van der Waals surface area contributed by atoms with Gasteiger partial charge in [-0.05, 0) is 19.1 Å². The normalized spacial score (nSPS) is 11.0. The van der Waals surface area contributed by atoms with Gasteiger partial charge in [0.15, 0.2) is 0 Å². The van der Waals surface area contributed by atoms with Crippen LogP contribution in [-0.2, 0) is 4.79 Å². The first-order chi connectivity index (χ1) is 6.24. The molecule has 0 spiro atoms. The maximum Gasteiger partial charge on any atom is 0.337 e. The van der Waals surface area contributed by atoms with Gasteiger partial charge in [-0.1, -0.05) is 18.2 Å². The quantitative estimate of drug-likeness (QED) is 0.290. The van der Waals surface area contributed by atoms with Crippen molar-refractivity contribution in [2.45, 2.75) is 6.92 Å². The van der Waals surface area contributed by atoms with E-state index in [2.05, 4.69) is 0 Å². The molecular formula is C10H11BO2. The van der Waals surface area contributed by atoms with Crippen molar-refractivity contribution in [1.82, 2.24) is 0 Å². The van der Waals surface area contributed by atoms with Gasteiger partial charge in [0.2, 0.25) is 0 Å². The maximum atomic E-state index is 11.3. The van der Waals surface area contributed by atoms with E-state index < -0.39 is 0 Å². The molecule has 1 aromatic carbocycles. The second-order valence-electron chi connectivity index (χ2n) is 2.67. The minimum Gasteiger partial charge on any atom is -0.423 e. The summed E-state index contributed by atoms with van der Waals surface area (Å²) in [5.74, 6) is 2.01. The number of carbonyl (C=O) groups is 1. The minimum absolute atomic E-state index is 0.297. The van der Waals surface area contributed by atoms with Gasteiger partial charge < -0.3 is 4.74 Å². The van der Waals surface area contributed by atoms with Crippen LogP contribution in [-0.4, -0.2) is 13.8 Å². The van der Waals surface area contributed by atoms with Gasteiger partial charge in [0, 0.05) is 5.57 Å². The molecule has 13 heavy (non-hydrogen) atoms. The highest BCUT2D eigenvalue weighted by Gasteiger charge is 2.04. The van der Waals surface area contributed by atoms with Gasteiger partial charge in [0.25, 0.3) is 0 Å². The molecule has 3 heteroatoms. The van der Waals surface area contributed by atoms with Crippen LogP contribution in [0, 0.1) is 0 Å². The highest BCUT2D eigenvalue weighted by atomic mass is 16.5. The molecule has 0 N–H and O–H groups in total. The molecule has 0 atom stereocenters. The summed E-state index contributed by atoms with van der Waals surface area (Å²) in [5, 5.41) is 0. The molecule has 0 saturated carbocycles. The highest BCUT2D eigenvalue weighted by Crippen LogP contribution is 2.10. The van der Waals surface area contributed by atoms with E-state index in [1.165, 1.54) is 0 Å². The fourth-order valence-electron chi connectivity index (χ4n) is 0.794. The first-order valence-electron chi connectivity index (χ1n) is 4.14. The summed E-state index contributed by atoms with van der Waals surface area (Å²) in [7, 11) is 1.81. The second kappa shape index (κ2) is 4.50. The Kier molecular flexibility index (Phi) is 3.32. The summed E-state index contributed by atoms with van der Waals surface area (Å²) >= 11 is 0. The second-order valence-corrected chi connectivity index (χ2v) is 2.67. The summed E-state index contributed by atoms with van der Waals surface area (Å²) in [6, 6.07) is 9.03. The molecule has 0 heterocycles. The fraction of sp³-hybridized carbons (Fsp3) is 0.100. The Hall–Kier alpha value is -1.51. The highest BCUT2D eigenvalue weighted by molar-refractivity contribution is 6.19. The molecule has 0 aromatic heterocycles. The zero-order valence-electron chi connectivity index (χ0n) is 7.78. The van der Waals surface area contributed by atoms with Crippen molar-refractivity contribution in [3.8, 4) is 5.75 Å². The van der Waals surface area contributed by atoms with Gasteiger partial charge in [-0.3, -0.25) is 0 Å². The topological polar surface area (TPSA) is 26.3 Å². The summed E-state index contributed by atoms with van der Waals surface area (Å²) in [6.07, 6.45) is 0. The fourth-order valence-corrected chi connectivity index (χ4v) is 0.794. The van der Waals surface area contributed by atoms with Crippen molar-refractivity contribution in [3.05, 3.63) is 41.9 Å². The lowest BCUT2D eigenvalue weighted by atomic mass is 10.1. The predicted octanol–water partition coefficient (Wildman–Crippen LogP) is 1.13. The van der Waals surface area contributed by atoms with Crippen LogP contribution in [0.15, 0.2) is 41.9 Å². The molecule has 0 bridgehead atoms. The summed E-state index contributed by atoms with van der Waals surface area (Å²) < 4.78 is 5.06. The molecule has 0 amide bonds. The summed E-state index contributed by atoms with van der Waals surface area (Å²) in [6.45, 7) is 1.73. The lowest BCUT2D eigenvalue weighted by molar-refractivity contribution is -0.130. The Morgan fingerprint density at radius 1 is 1.38 bits per heavy atom. The van der Waals surface area contributed by atoms with E-state index in [-0.39, 0.29) is 5.97 Å². The Morgan fingerprint density at radius 2 is 2.00 bits per heavy atom. The third-order valence-electron chi connectivity index (χ3n) is 1.71. The van der Waals surface area contributed by atoms with Crippen molar-refractivity contribution in [3.63, 3.8) is 0 Å². The number of ether oxygens (including phenoxy) is 1. The van der Waals surface area contributed by atoms with Gasteiger partial charge in [0.1, 0.15) is 13.6 Å². The monoisotopic (exact) mass is 174 g/mol. The number of benzene rings is 1. The third kappa shape index (κ3) is 2.78. The van der Waals surface area contributed by atoms with E-state index in [9.17, 15) is 4.79 Å². The smallest absolute Gasteiger partial charge is 0.337 e. The van der Waals surface area contributed by atoms with Crippen LogP contribution in [0.2, 0.25) is 0 Å². The average Bonchev–Trinajstić information content (AvgIpc) is 2.18. The number of hydrogen-bond acceptors (Lipinski definition) is 2. The van der Waals surface area contributed by atoms with Crippen LogP contribution >= 0.6 is 0 Å². The lowest BCUT2D eigenvalue weighted by Crippen LogP contribution is -2.08. The number of carbonyl (C=O) groups excluding carboxylic acids is 1. The van der Waals surface area contributed by atoms with Crippen LogP contribution in [0.1, 0.15) is 6.92 Å². The molecule has 0 radical (unpaired) electrons. The molecule has 1 aromatic rings. The van der Waals surface area contributed by atoms with E-state index in [0.717, 1.165) is 0 Å². The van der Waals surface area contributed by atoms with E-state index in [4.69, 9.17) is 4.74 Å². The van der Waals surface area contributed by atoms with Crippen LogP contribution in [0.3, 0.4) is 0 Å². The molecule has 0 aliphatic carbocycles. The molecule has 1 rings (SSSR count). The van der Waals surface area contributed by atoms with Crippen LogP contribution in [0.5, 0.6) is 5.75 Å². The number of rotatable bonds is 2. The Labute approximate surface area is 78.6 Å². The Morgan fingerprint density at radius 3 is 2.54 bits per heavy atom. The van der Waals surface area contributed by atoms with Gasteiger partial charge in [-0.2, -0.15) is 0 Å². The molecule has 2 nitrogen and oxygen atoms in total. The zero-order valence-corrected chi connectivity index (χ0v) is 7.78. The van der Waals surface area contributed by atoms with E-state index in [0.29, 0.717) is 11.3 Å². The van der Waals surface area contributed by atoms with Crippen molar-refractivity contribution in [1.29, 1.82) is 0 Å². The molecule has 0 saturated heterocycles. The third-order valence-corrected chi connectivity index (χ3v) is 1.71. The standard InChI is InChI=1S/C10H11BO2/c1-8(7-11)10(12)13-9-5-3-2-4-6-9/h2-7H,11H2,1H3. The van der Waals surface area contributed by atoms with Gasteiger partial charge in [-0.25, -0.2) is 4.79 Å². The SMILES string of the molecule is BC=C(C)C(=O)Oc1ccccc1. The van der Waals surface area contributed by atoms with Gasteiger partial charge in [-0.15, -0.1) is 5.98 Å². The largest absolute Gasteiger partial charge is 0.423 e. The molecule has 0 fully saturated rings. The van der Waals surface area contributed by atoms with Crippen molar-refractivity contribution < 1.29 is 9.53 Å². The van der Waals surface area contributed by atoms with Gasteiger partial charge >= 0.3 is 5.97 Å². The lowest BCUT2D eigenvalue weighted by Gasteiger charge is -2.02.